The summed E-state index contributed by atoms with van der Waals surface area (Å²) in [7, 11) is 0. The van der Waals surface area contributed by atoms with Crippen LogP contribution in [0.25, 0.3) is 0 Å². The Bertz CT molecular complexity index is 146. The molecule has 1 atom stereocenters. The fourth-order valence-corrected chi connectivity index (χ4v) is 1.42. The fraction of sp³-hybridized carbons (Fsp3) is 0.909. The summed E-state index contributed by atoms with van der Waals surface area (Å²) in [4.78, 5) is 11.1. The third-order valence-corrected chi connectivity index (χ3v) is 2.14. The minimum atomic E-state index is -0.275. The zero-order valence-electron chi connectivity index (χ0n) is 9.29. The maximum atomic E-state index is 11.1. The van der Waals surface area contributed by atoms with E-state index in [4.69, 9.17) is 4.74 Å². The molecule has 0 aliphatic rings. The lowest BCUT2D eigenvalue weighted by molar-refractivity contribution is -0.144. The van der Waals surface area contributed by atoms with E-state index in [2.05, 4.69) is 19.6 Å². The number of unbranched alkanes of at least 4 members (excludes halogenated alkanes) is 5. The van der Waals surface area contributed by atoms with Gasteiger partial charge < -0.3 is 4.74 Å². The number of carbonyl (C=O) groups excluding carboxylic acids is 1. The summed E-state index contributed by atoms with van der Waals surface area (Å²) < 4.78 is 4.90. The quantitative estimate of drug-likeness (QED) is 0.292. The minimum absolute atomic E-state index is 0.122. The first-order valence-electron chi connectivity index (χ1n) is 5.54. The van der Waals surface area contributed by atoms with Crippen LogP contribution < -0.4 is 0 Å². The lowest BCUT2D eigenvalue weighted by atomic mass is 10.1. The van der Waals surface area contributed by atoms with Crippen molar-refractivity contribution in [3.05, 3.63) is 0 Å². The average molecular weight is 218 g/mol. The van der Waals surface area contributed by atoms with Crippen molar-refractivity contribution in [1.29, 1.82) is 0 Å². The zero-order valence-corrected chi connectivity index (χ0v) is 10.2. The Labute approximate surface area is 92.8 Å². The van der Waals surface area contributed by atoms with Gasteiger partial charge in [0, 0.05) is 6.42 Å². The van der Waals surface area contributed by atoms with E-state index in [0.29, 0.717) is 6.42 Å². The summed E-state index contributed by atoms with van der Waals surface area (Å²) >= 11 is 3.99. The second kappa shape index (κ2) is 9.38. The zero-order chi connectivity index (χ0) is 10.8. The first-order valence-corrected chi connectivity index (χ1v) is 6.06. The molecule has 0 aromatic heterocycles. The molecule has 3 heteroatoms. The van der Waals surface area contributed by atoms with Crippen molar-refractivity contribution in [2.45, 2.75) is 64.2 Å². The summed E-state index contributed by atoms with van der Waals surface area (Å²) in [6, 6.07) is 0. The molecular weight excluding hydrogens is 196 g/mol. The molecule has 1 unspecified atom stereocenters. The Hall–Kier alpha value is -0.180. The highest BCUT2D eigenvalue weighted by Gasteiger charge is 2.04. The van der Waals surface area contributed by atoms with E-state index in [9.17, 15) is 4.79 Å². The van der Waals surface area contributed by atoms with Gasteiger partial charge in [0.25, 0.3) is 0 Å². The number of thiol groups is 1. The molecule has 0 rings (SSSR count). The van der Waals surface area contributed by atoms with Crippen LogP contribution in [0.15, 0.2) is 0 Å². The molecule has 2 nitrogen and oxygen atoms in total. The number of ether oxygens (including phenoxy) is 1. The lowest BCUT2D eigenvalue weighted by Gasteiger charge is -2.06. The molecule has 0 amide bonds. The third kappa shape index (κ3) is 9.90. The van der Waals surface area contributed by atoms with Crippen molar-refractivity contribution >= 4 is 18.6 Å². The molecule has 0 heterocycles. The third-order valence-electron chi connectivity index (χ3n) is 2.04. The second-order valence-electron chi connectivity index (χ2n) is 3.61. The molecular formula is C11H22O2S. The van der Waals surface area contributed by atoms with Crippen LogP contribution in [0.3, 0.4) is 0 Å². The van der Waals surface area contributed by atoms with Crippen LogP contribution in [-0.2, 0) is 9.53 Å². The summed E-state index contributed by atoms with van der Waals surface area (Å²) in [5, 5.41) is 0. The van der Waals surface area contributed by atoms with Crippen molar-refractivity contribution in [2.75, 3.05) is 0 Å². The van der Waals surface area contributed by atoms with Crippen molar-refractivity contribution in [1.82, 2.24) is 0 Å². The van der Waals surface area contributed by atoms with Crippen LogP contribution in [0.4, 0.5) is 0 Å². The fourth-order valence-electron chi connectivity index (χ4n) is 1.30. The number of hydrogen-bond donors (Lipinski definition) is 1. The molecule has 0 aromatic carbocycles. The Balaban J connectivity index is 3.15. The topological polar surface area (TPSA) is 26.3 Å². The van der Waals surface area contributed by atoms with Gasteiger partial charge in [-0.15, -0.1) is 12.6 Å². The Morgan fingerprint density at radius 3 is 2.36 bits per heavy atom. The Kier molecular flexibility index (Phi) is 9.26. The SMILES string of the molecule is CCCCCCCCC(=O)OC(C)S. The molecule has 0 bridgehead atoms. The van der Waals surface area contributed by atoms with Crippen LogP contribution >= 0.6 is 12.6 Å². The van der Waals surface area contributed by atoms with Crippen molar-refractivity contribution in [3.8, 4) is 0 Å². The van der Waals surface area contributed by atoms with Gasteiger partial charge in [-0.1, -0.05) is 39.0 Å². The van der Waals surface area contributed by atoms with Crippen LogP contribution in [-0.4, -0.2) is 11.4 Å². The molecule has 0 fully saturated rings. The number of rotatable bonds is 8. The van der Waals surface area contributed by atoms with E-state index in [1.807, 2.05) is 0 Å². The van der Waals surface area contributed by atoms with Crippen molar-refractivity contribution in [2.24, 2.45) is 0 Å². The number of hydrogen-bond acceptors (Lipinski definition) is 3. The monoisotopic (exact) mass is 218 g/mol. The largest absolute Gasteiger partial charge is 0.452 e. The predicted molar refractivity (Wildman–Crippen MR) is 62.5 cm³/mol. The van der Waals surface area contributed by atoms with E-state index < -0.39 is 0 Å². The predicted octanol–water partition coefficient (Wildman–Crippen LogP) is 3.56. The highest BCUT2D eigenvalue weighted by atomic mass is 32.1. The first kappa shape index (κ1) is 13.8. The number of esters is 1. The molecule has 0 aromatic rings. The average Bonchev–Trinajstić information content (AvgIpc) is 2.10. The lowest BCUT2D eigenvalue weighted by Crippen LogP contribution is -2.08. The van der Waals surface area contributed by atoms with Crippen LogP contribution in [0.1, 0.15) is 58.8 Å². The van der Waals surface area contributed by atoms with Crippen LogP contribution in [0, 0.1) is 0 Å². The molecule has 0 aliphatic heterocycles. The summed E-state index contributed by atoms with van der Waals surface area (Å²) in [6.45, 7) is 3.95. The van der Waals surface area contributed by atoms with E-state index >= 15 is 0 Å². The van der Waals surface area contributed by atoms with Gasteiger partial charge in [-0.25, -0.2) is 0 Å². The van der Waals surface area contributed by atoms with Gasteiger partial charge in [0.15, 0.2) is 0 Å². The molecule has 14 heavy (non-hydrogen) atoms. The van der Waals surface area contributed by atoms with E-state index in [-0.39, 0.29) is 11.4 Å². The van der Waals surface area contributed by atoms with Crippen LogP contribution in [0.5, 0.6) is 0 Å². The smallest absolute Gasteiger partial charge is 0.306 e. The summed E-state index contributed by atoms with van der Waals surface area (Å²) in [5.41, 5.74) is -0.275. The summed E-state index contributed by atoms with van der Waals surface area (Å²) in [5.74, 6) is -0.122. The van der Waals surface area contributed by atoms with Crippen molar-refractivity contribution < 1.29 is 9.53 Å². The van der Waals surface area contributed by atoms with Crippen LogP contribution in [0.2, 0.25) is 0 Å². The maximum Gasteiger partial charge on any atom is 0.306 e. The molecule has 84 valence electrons. The standard InChI is InChI=1S/C11H22O2S/c1-3-4-5-6-7-8-9-11(12)13-10(2)14/h10,14H,3-9H2,1-2H3. The molecule has 0 saturated heterocycles. The van der Waals surface area contributed by atoms with Crippen molar-refractivity contribution in [3.63, 3.8) is 0 Å². The Morgan fingerprint density at radius 1 is 1.21 bits per heavy atom. The maximum absolute atomic E-state index is 11.1. The normalized spacial score (nSPS) is 12.5. The van der Waals surface area contributed by atoms with Gasteiger partial charge >= 0.3 is 5.97 Å². The van der Waals surface area contributed by atoms with Gasteiger partial charge in [0.2, 0.25) is 0 Å². The van der Waals surface area contributed by atoms with Gasteiger partial charge in [0.1, 0.15) is 5.44 Å². The van der Waals surface area contributed by atoms with Gasteiger partial charge in [-0.2, -0.15) is 0 Å². The van der Waals surface area contributed by atoms with E-state index in [1.54, 1.807) is 6.92 Å². The highest BCUT2D eigenvalue weighted by molar-refractivity contribution is 7.80. The minimum Gasteiger partial charge on any atom is -0.452 e. The number of carbonyl (C=O) groups is 1. The first-order chi connectivity index (χ1) is 6.66. The van der Waals surface area contributed by atoms with Gasteiger partial charge in [0.05, 0.1) is 0 Å². The van der Waals surface area contributed by atoms with E-state index in [0.717, 1.165) is 12.8 Å². The molecule has 0 spiro atoms. The Morgan fingerprint density at radius 2 is 1.79 bits per heavy atom. The molecule has 0 N–H and O–H groups in total. The van der Waals surface area contributed by atoms with Gasteiger partial charge in [-0.3, -0.25) is 4.79 Å². The second-order valence-corrected chi connectivity index (χ2v) is 4.33. The summed E-state index contributed by atoms with van der Waals surface area (Å²) in [6.07, 6.45) is 7.71. The molecule has 0 saturated carbocycles. The molecule has 0 aliphatic carbocycles. The van der Waals surface area contributed by atoms with E-state index in [1.165, 1.54) is 25.7 Å². The molecule has 0 radical (unpaired) electrons. The van der Waals surface area contributed by atoms with Gasteiger partial charge in [-0.05, 0) is 13.3 Å². The highest BCUT2D eigenvalue weighted by Crippen LogP contribution is 2.08.